The molecule has 4 nitrogen and oxygen atoms in total. The minimum Gasteiger partial charge on any atom is -0.396 e. The summed E-state index contributed by atoms with van der Waals surface area (Å²) in [5, 5.41) is 23.8. The second-order valence-electron chi connectivity index (χ2n) is 8.74. The molecule has 0 saturated heterocycles. The SMILES string of the molecule is CC(C)(C)c1cc(C(C)(C)C)n(C2CC(CO)(CO)C2)n1. The molecule has 120 valence electrons. The predicted octanol–water partition coefficient (Wildman–Crippen LogP) is 2.78. The molecule has 2 rings (SSSR count). The van der Waals surface area contributed by atoms with Crippen LogP contribution in [0.3, 0.4) is 0 Å². The highest BCUT2D eigenvalue weighted by Crippen LogP contribution is 2.49. The van der Waals surface area contributed by atoms with Crippen LogP contribution in [0.4, 0.5) is 0 Å². The normalized spacial score (nSPS) is 19.6. The van der Waals surface area contributed by atoms with Crippen LogP contribution in [0.25, 0.3) is 0 Å². The molecular formula is C17H30N2O2. The molecule has 0 spiro atoms. The Balaban J connectivity index is 2.34. The lowest BCUT2D eigenvalue weighted by Crippen LogP contribution is -2.45. The number of hydrogen-bond acceptors (Lipinski definition) is 3. The summed E-state index contributed by atoms with van der Waals surface area (Å²) in [6.07, 6.45) is 1.60. The van der Waals surface area contributed by atoms with Gasteiger partial charge < -0.3 is 10.2 Å². The standard InChI is InChI=1S/C17H30N2O2/c1-15(2,3)13-7-14(16(4,5)6)19(18-13)12-8-17(9-12,10-20)11-21/h7,12,20-21H,8-11H2,1-6H3. The molecule has 1 saturated carbocycles. The molecule has 0 amide bonds. The first kappa shape index (κ1) is 16.5. The van der Waals surface area contributed by atoms with Crippen molar-refractivity contribution in [1.29, 1.82) is 0 Å². The maximum Gasteiger partial charge on any atom is 0.0681 e. The van der Waals surface area contributed by atoms with Crippen molar-refractivity contribution in [2.24, 2.45) is 5.41 Å². The summed E-state index contributed by atoms with van der Waals surface area (Å²) in [6, 6.07) is 2.51. The summed E-state index contributed by atoms with van der Waals surface area (Å²) in [5.74, 6) is 0. The van der Waals surface area contributed by atoms with Gasteiger partial charge in [-0.15, -0.1) is 0 Å². The molecule has 2 N–H and O–H groups in total. The summed E-state index contributed by atoms with van der Waals surface area (Å²) >= 11 is 0. The van der Waals surface area contributed by atoms with Gasteiger partial charge in [-0.3, -0.25) is 4.68 Å². The molecule has 0 aliphatic heterocycles. The molecule has 21 heavy (non-hydrogen) atoms. The van der Waals surface area contributed by atoms with E-state index >= 15 is 0 Å². The molecular weight excluding hydrogens is 264 g/mol. The third-order valence-corrected chi connectivity index (χ3v) is 4.63. The van der Waals surface area contributed by atoms with Crippen molar-refractivity contribution in [1.82, 2.24) is 9.78 Å². The molecule has 1 aromatic rings. The zero-order valence-electron chi connectivity index (χ0n) is 14.3. The first-order chi connectivity index (χ1) is 9.52. The lowest BCUT2D eigenvalue weighted by molar-refractivity contribution is -0.0477. The number of aliphatic hydroxyl groups excluding tert-OH is 2. The van der Waals surface area contributed by atoms with Crippen LogP contribution in [0.15, 0.2) is 6.07 Å². The maximum absolute atomic E-state index is 9.48. The van der Waals surface area contributed by atoms with Crippen molar-refractivity contribution in [2.45, 2.75) is 71.3 Å². The number of rotatable bonds is 3. The van der Waals surface area contributed by atoms with Gasteiger partial charge in [0, 0.05) is 21.9 Å². The van der Waals surface area contributed by atoms with E-state index in [1.54, 1.807) is 0 Å². The van der Waals surface area contributed by atoms with E-state index in [0.29, 0.717) is 0 Å². The molecule has 0 atom stereocenters. The molecule has 1 aromatic heterocycles. The Morgan fingerprint density at radius 1 is 1.10 bits per heavy atom. The van der Waals surface area contributed by atoms with Gasteiger partial charge in [-0.05, 0) is 18.9 Å². The van der Waals surface area contributed by atoms with Gasteiger partial charge in [0.05, 0.1) is 24.9 Å². The highest BCUT2D eigenvalue weighted by molar-refractivity contribution is 5.24. The smallest absolute Gasteiger partial charge is 0.0681 e. The molecule has 0 aromatic carbocycles. The van der Waals surface area contributed by atoms with E-state index in [2.05, 4.69) is 52.3 Å². The highest BCUT2D eigenvalue weighted by atomic mass is 16.3. The molecule has 1 heterocycles. The lowest BCUT2D eigenvalue weighted by Gasteiger charge is -2.46. The van der Waals surface area contributed by atoms with E-state index in [1.807, 2.05) is 0 Å². The van der Waals surface area contributed by atoms with E-state index in [-0.39, 0.29) is 35.5 Å². The average Bonchev–Trinajstić information content (AvgIpc) is 2.73. The van der Waals surface area contributed by atoms with Crippen LogP contribution in [0.5, 0.6) is 0 Å². The van der Waals surface area contributed by atoms with Crippen molar-refractivity contribution in [3.05, 3.63) is 17.5 Å². The quantitative estimate of drug-likeness (QED) is 0.901. The fourth-order valence-corrected chi connectivity index (χ4v) is 3.02. The molecule has 1 aliphatic carbocycles. The monoisotopic (exact) mass is 294 g/mol. The van der Waals surface area contributed by atoms with Crippen LogP contribution < -0.4 is 0 Å². The predicted molar refractivity (Wildman–Crippen MR) is 84.5 cm³/mol. The molecule has 4 heteroatoms. The van der Waals surface area contributed by atoms with Crippen LogP contribution in [-0.4, -0.2) is 33.2 Å². The minimum atomic E-state index is -0.312. The van der Waals surface area contributed by atoms with Crippen LogP contribution in [0.1, 0.15) is 71.8 Å². The number of aliphatic hydroxyl groups is 2. The number of hydrogen-bond donors (Lipinski definition) is 2. The van der Waals surface area contributed by atoms with Crippen LogP contribution in [0.2, 0.25) is 0 Å². The van der Waals surface area contributed by atoms with Crippen molar-refractivity contribution >= 4 is 0 Å². The molecule has 1 aliphatic rings. The van der Waals surface area contributed by atoms with Crippen LogP contribution >= 0.6 is 0 Å². The Hall–Kier alpha value is -0.870. The molecule has 0 radical (unpaired) electrons. The second kappa shape index (κ2) is 5.10. The topological polar surface area (TPSA) is 58.3 Å². The zero-order valence-corrected chi connectivity index (χ0v) is 14.3. The average molecular weight is 294 g/mol. The van der Waals surface area contributed by atoms with Gasteiger partial charge in [-0.25, -0.2) is 0 Å². The Labute approximate surface area is 128 Å². The summed E-state index contributed by atoms with van der Waals surface area (Å²) in [6.45, 7) is 13.3. The van der Waals surface area contributed by atoms with E-state index < -0.39 is 0 Å². The Morgan fingerprint density at radius 3 is 2.00 bits per heavy atom. The van der Waals surface area contributed by atoms with Gasteiger partial charge >= 0.3 is 0 Å². The highest BCUT2D eigenvalue weighted by Gasteiger charge is 2.46. The van der Waals surface area contributed by atoms with E-state index in [0.717, 1.165) is 18.5 Å². The summed E-state index contributed by atoms with van der Waals surface area (Å²) in [4.78, 5) is 0. The third kappa shape index (κ3) is 3.02. The fraction of sp³-hybridized carbons (Fsp3) is 0.824. The van der Waals surface area contributed by atoms with E-state index in [1.165, 1.54) is 5.69 Å². The first-order valence-corrected chi connectivity index (χ1v) is 7.85. The lowest BCUT2D eigenvalue weighted by atomic mass is 9.66. The van der Waals surface area contributed by atoms with Crippen LogP contribution in [0, 0.1) is 5.41 Å². The minimum absolute atomic E-state index is 0.0278. The van der Waals surface area contributed by atoms with Crippen molar-refractivity contribution in [3.63, 3.8) is 0 Å². The van der Waals surface area contributed by atoms with Gasteiger partial charge in [0.15, 0.2) is 0 Å². The van der Waals surface area contributed by atoms with Crippen molar-refractivity contribution < 1.29 is 10.2 Å². The number of nitrogens with zero attached hydrogens (tertiary/aromatic N) is 2. The van der Waals surface area contributed by atoms with Gasteiger partial charge in [0.1, 0.15) is 0 Å². The van der Waals surface area contributed by atoms with Crippen molar-refractivity contribution in [2.75, 3.05) is 13.2 Å². The molecule has 1 fully saturated rings. The largest absolute Gasteiger partial charge is 0.396 e. The number of aromatic nitrogens is 2. The van der Waals surface area contributed by atoms with Gasteiger partial charge in [0.2, 0.25) is 0 Å². The summed E-state index contributed by atoms with van der Waals surface area (Å²) in [5.41, 5.74) is 2.10. The Morgan fingerprint density at radius 2 is 1.62 bits per heavy atom. The Kier molecular flexibility index (Phi) is 4.00. The summed E-state index contributed by atoms with van der Waals surface area (Å²) < 4.78 is 2.14. The fourth-order valence-electron chi connectivity index (χ4n) is 3.02. The third-order valence-electron chi connectivity index (χ3n) is 4.63. The zero-order chi connectivity index (χ0) is 16.1. The second-order valence-corrected chi connectivity index (χ2v) is 8.74. The summed E-state index contributed by atoms with van der Waals surface area (Å²) in [7, 11) is 0. The first-order valence-electron chi connectivity index (χ1n) is 7.85. The van der Waals surface area contributed by atoms with Gasteiger partial charge in [0.25, 0.3) is 0 Å². The van der Waals surface area contributed by atoms with Gasteiger partial charge in [-0.2, -0.15) is 5.10 Å². The van der Waals surface area contributed by atoms with E-state index in [9.17, 15) is 10.2 Å². The molecule has 0 unspecified atom stereocenters. The Bertz CT molecular complexity index is 494. The van der Waals surface area contributed by atoms with Crippen LogP contribution in [-0.2, 0) is 10.8 Å². The van der Waals surface area contributed by atoms with E-state index in [4.69, 9.17) is 5.10 Å². The maximum atomic E-state index is 9.48. The van der Waals surface area contributed by atoms with Gasteiger partial charge in [-0.1, -0.05) is 41.5 Å². The van der Waals surface area contributed by atoms with Crippen molar-refractivity contribution in [3.8, 4) is 0 Å². The molecule has 0 bridgehead atoms.